The van der Waals surface area contributed by atoms with Crippen LogP contribution in [-0.2, 0) is 10.2 Å². The van der Waals surface area contributed by atoms with E-state index in [1.807, 2.05) is 0 Å². The lowest BCUT2D eigenvalue weighted by atomic mass is 9.44. The van der Waals surface area contributed by atoms with Gasteiger partial charge in [0.15, 0.2) is 0 Å². The number of nitrogens with zero attached hydrogens (tertiary/aromatic N) is 2. The Balaban J connectivity index is 1.65. The van der Waals surface area contributed by atoms with Crippen LogP contribution in [0.3, 0.4) is 0 Å². The summed E-state index contributed by atoms with van der Waals surface area (Å²) in [5.74, 6) is 1.74. The second kappa shape index (κ2) is 4.31. The Morgan fingerprint density at radius 1 is 1.29 bits per heavy atom. The monoisotopic (exact) mass is 290 g/mol. The van der Waals surface area contributed by atoms with Crippen molar-refractivity contribution in [3.05, 3.63) is 11.8 Å². The van der Waals surface area contributed by atoms with Crippen LogP contribution in [0.25, 0.3) is 0 Å². The predicted octanol–water partition coefficient (Wildman–Crippen LogP) is 3.10. The number of ether oxygens (including phenoxy) is 1. The van der Waals surface area contributed by atoms with E-state index in [1.165, 1.54) is 19.3 Å². The lowest BCUT2D eigenvalue weighted by Crippen LogP contribution is -2.53. The SMILES string of the molecule is CCOC(=O)c1nnc(C23CC4CC(CC(C)(C4)C2)C3)o1. The van der Waals surface area contributed by atoms with Crippen molar-refractivity contribution >= 4 is 5.97 Å². The molecule has 5 heteroatoms. The molecule has 0 amide bonds. The Hall–Kier alpha value is -1.39. The van der Waals surface area contributed by atoms with E-state index in [1.54, 1.807) is 6.92 Å². The van der Waals surface area contributed by atoms with Gasteiger partial charge in [-0.15, -0.1) is 10.2 Å². The van der Waals surface area contributed by atoms with Crippen LogP contribution in [0.4, 0.5) is 0 Å². The quantitative estimate of drug-likeness (QED) is 0.800. The van der Waals surface area contributed by atoms with Crippen LogP contribution < -0.4 is 0 Å². The molecule has 0 radical (unpaired) electrons. The van der Waals surface area contributed by atoms with Crippen LogP contribution in [0.15, 0.2) is 4.42 Å². The molecule has 1 heterocycles. The summed E-state index contributed by atoms with van der Waals surface area (Å²) in [4.78, 5) is 11.7. The van der Waals surface area contributed by atoms with Gasteiger partial charge in [0, 0.05) is 5.41 Å². The summed E-state index contributed by atoms with van der Waals surface area (Å²) in [6, 6.07) is 0. The van der Waals surface area contributed by atoms with Crippen molar-refractivity contribution in [3.63, 3.8) is 0 Å². The van der Waals surface area contributed by atoms with Crippen molar-refractivity contribution in [2.24, 2.45) is 17.3 Å². The average Bonchev–Trinajstić information content (AvgIpc) is 2.86. The van der Waals surface area contributed by atoms with Crippen molar-refractivity contribution in [1.82, 2.24) is 10.2 Å². The fraction of sp³-hybridized carbons (Fsp3) is 0.812. The second-order valence-corrected chi connectivity index (χ2v) is 7.68. The molecule has 0 aliphatic heterocycles. The molecule has 0 N–H and O–H groups in total. The van der Waals surface area contributed by atoms with Crippen LogP contribution in [-0.4, -0.2) is 22.8 Å². The number of esters is 1. The lowest BCUT2D eigenvalue weighted by molar-refractivity contribution is -0.0712. The standard InChI is InChI=1S/C16H22N2O3/c1-3-20-13(19)12-17-18-14(21-12)16-7-10-4-11(8-16)6-15(2,5-10)9-16/h10-11H,3-9H2,1-2H3. The van der Waals surface area contributed by atoms with Crippen molar-refractivity contribution in [3.8, 4) is 0 Å². The molecule has 4 saturated carbocycles. The average molecular weight is 290 g/mol. The molecule has 5 nitrogen and oxygen atoms in total. The molecule has 21 heavy (non-hydrogen) atoms. The third-order valence-corrected chi connectivity index (χ3v) is 5.68. The van der Waals surface area contributed by atoms with Gasteiger partial charge in [-0.05, 0) is 62.7 Å². The van der Waals surface area contributed by atoms with Gasteiger partial charge in [0.05, 0.1) is 6.61 Å². The molecule has 4 fully saturated rings. The largest absolute Gasteiger partial charge is 0.459 e. The van der Waals surface area contributed by atoms with Crippen LogP contribution in [0.2, 0.25) is 0 Å². The second-order valence-electron chi connectivity index (χ2n) is 7.68. The maximum Gasteiger partial charge on any atom is 0.396 e. The molecule has 4 aliphatic carbocycles. The molecule has 0 saturated heterocycles. The van der Waals surface area contributed by atoms with Gasteiger partial charge in [-0.25, -0.2) is 4.79 Å². The number of hydrogen-bond donors (Lipinski definition) is 0. The normalized spacial score (nSPS) is 40.5. The van der Waals surface area contributed by atoms with Gasteiger partial charge >= 0.3 is 11.9 Å². The maximum absolute atomic E-state index is 11.7. The molecule has 2 unspecified atom stereocenters. The summed E-state index contributed by atoms with van der Waals surface area (Å²) in [7, 11) is 0. The Bertz CT molecular complexity index is 566. The molecule has 4 bridgehead atoms. The van der Waals surface area contributed by atoms with Gasteiger partial charge in [-0.3, -0.25) is 0 Å². The van der Waals surface area contributed by atoms with Gasteiger partial charge in [-0.1, -0.05) is 6.92 Å². The zero-order valence-electron chi connectivity index (χ0n) is 12.7. The van der Waals surface area contributed by atoms with E-state index in [4.69, 9.17) is 9.15 Å². The Morgan fingerprint density at radius 2 is 2.00 bits per heavy atom. The summed E-state index contributed by atoms with van der Waals surface area (Å²) in [6.45, 7) is 4.50. The molecule has 1 aromatic heterocycles. The van der Waals surface area contributed by atoms with Crippen molar-refractivity contribution < 1.29 is 13.9 Å². The predicted molar refractivity (Wildman–Crippen MR) is 74.7 cm³/mol. The highest BCUT2D eigenvalue weighted by molar-refractivity contribution is 5.83. The molecular formula is C16H22N2O3. The summed E-state index contributed by atoms with van der Waals surface area (Å²) in [5.41, 5.74) is 0.430. The van der Waals surface area contributed by atoms with Gasteiger partial charge in [-0.2, -0.15) is 0 Å². The third-order valence-electron chi connectivity index (χ3n) is 5.68. The molecule has 2 atom stereocenters. The van der Waals surface area contributed by atoms with Gasteiger partial charge < -0.3 is 9.15 Å². The fourth-order valence-corrected chi connectivity index (χ4v) is 5.68. The lowest BCUT2D eigenvalue weighted by Gasteiger charge is -2.59. The minimum atomic E-state index is -0.507. The van der Waals surface area contributed by atoms with Crippen LogP contribution in [0.1, 0.15) is 68.9 Å². The first-order chi connectivity index (χ1) is 10.0. The van der Waals surface area contributed by atoms with Crippen LogP contribution in [0.5, 0.6) is 0 Å². The molecule has 1 aromatic rings. The van der Waals surface area contributed by atoms with E-state index < -0.39 is 5.97 Å². The van der Waals surface area contributed by atoms with E-state index >= 15 is 0 Å². The first-order valence-corrected chi connectivity index (χ1v) is 8.03. The molecule has 4 aliphatic rings. The highest BCUT2D eigenvalue weighted by atomic mass is 16.5. The molecular weight excluding hydrogens is 268 g/mol. The third kappa shape index (κ3) is 2.00. The number of rotatable bonds is 3. The summed E-state index contributed by atoms with van der Waals surface area (Å²) >= 11 is 0. The minimum absolute atomic E-state index is 0.00717. The highest BCUT2D eigenvalue weighted by Gasteiger charge is 2.58. The van der Waals surface area contributed by atoms with Crippen molar-refractivity contribution in [2.75, 3.05) is 6.61 Å². The van der Waals surface area contributed by atoms with Gasteiger partial charge in [0.1, 0.15) is 0 Å². The van der Waals surface area contributed by atoms with E-state index in [9.17, 15) is 4.79 Å². The summed E-state index contributed by atoms with van der Waals surface area (Å²) in [6.07, 6.45) is 7.44. The number of carbonyl (C=O) groups excluding carboxylic acids is 1. The fourth-order valence-electron chi connectivity index (χ4n) is 5.68. The van der Waals surface area contributed by atoms with E-state index in [0.29, 0.717) is 17.9 Å². The Kier molecular flexibility index (Phi) is 2.72. The zero-order valence-corrected chi connectivity index (χ0v) is 12.7. The molecule has 0 aromatic carbocycles. The molecule has 5 rings (SSSR count). The topological polar surface area (TPSA) is 65.2 Å². The molecule has 114 valence electrons. The maximum atomic E-state index is 11.7. The van der Waals surface area contributed by atoms with Crippen LogP contribution >= 0.6 is 0 Å². The van der Waals surface area contributed by atoms with E-state index in [-0.39, 0.29) is 11.3 Å². The smallest absolute Gasteiger partial charge is 0.396 e. The van der Waals surface area contributed by atoms with E-state index in [2.05, 4.69) is 17.1 Å². The van der Waals surface area contributed by atoms with Gasteiger partial charge in [0.25, 0.3) is 0 Å². The summed E-state index contributed by atoms with van der Waals surface area (Å²) < 4.78 is 10.7. The highest BCUT2D eigenvalue weighted by Crippen LogP contribution is 2.65. The van der Waals surface area contributed by atoms with E-state index in [0.717, 1.165) is 31.1 Å². The number of hydrogen-bond acceptors (Lipinski definition) is 5. The van der Waals surface area contributed by atoms with Crippen molar-refractivity contribution in [1.29, 1.82) is 0 Å². The van der Waals surface area contributed by atoms with Gasteiger partial charge in [0.2, 0.25) is 5.89 Å². The molecule has 0 spiro atoms. The number of carbonyl (C=O) groups is 1. The van der Waals surface area contributed by atoms with Crippen molar-refractivity contribution in [2.45, 2.75) is 57.8 Å². The first kappa shape index (κ1) is 13.3. The summed E-state index contributed by atoms with van der Waals surface area (Å²) in [5, 5.41) is 8.15. The Morgan fingerprint density at radius 3 is 2.62 bits per heavy atom. The zero-order chi connectivity index (χ0) is 14.7. The first-order valence-electron chi connectivity index (χ1n) is 8.03. The minimum Gasteiger partial charge on any atom is -0.459 e. The Labute approximate surface area is 124 Å². The number of aromatic nitrogens is 2. The van der Waals surface area contributed by atoms with Crippen LogP contribution in [0, 0.1) is 17.3 Å².